The number of ketones is 1. The minimum absolute atomic E-state index is 0.0453. The summed E-state index contributed by atoms with van der Waals surface area (Å²) in [5, 5.41) is 9.11. The molecule has 0 aromatic heterocycles. The van der Waals surface area contributed by atoms with Crippen LogP contribution in [0, 0.1) is 34.5 Å². The van der Waals surface area contributed by atoms with Crippen molar-refractivity contribution in [2.75, 3.05) is 12.0 Å². The molecule has 0 unspecified atom stereocenters. The maximum Gasteiger partial charge on any atom is 0.231 e. The van der Waals surface area contributed by atoms with Crippen molar-refractivity contribution < 1.29 is 14.3 Å². The van der Waals surface area contributed by atoms with Crippen LogP contribution in [0.1, 0.15) is 52.4 Å². The van der Waals surface area contributed by atoms with Crippen LogP contribution in [0.3, 0.4) is 0 Å². The van der Waals surface area contributed by atoms with Gasteiger partial charge in [0.1, 0.15) is 5.75 Å². The quantitative estimate of drug-likeness (QED) is 0.675. The summed E-state index contributed by atoms with van der Waals surface area (Å²) in [7, 11) is 1.62. The Morgan fingerprint density at radius 1 is 1.29 bits per heavy atom. The molecule has 0 spiro atoms. The van der Waals surface area contributed by atoms with Gasteiger partial charge >= 0.3 is 0 Å². The molecule has 0 saturated heterocycles. The van der Waals surface area contributed by atoms with E-state index in [0.717, 1.165) is 30.5 Å². The van der Waals surface area contributed by atoms with Gasteiger partial charge in [0.25, 0.3) is 0 Å². The second kappa shape index (κ2) is 8.34. The zero-order valence-corrected chi connectivity index (χ0v) is 18.6. The average Bonchev–Trinajstić information content (AvgIpc) is 2.89. The molecule has 2 aliphatic carbocycles. The monoisotopic (exact) mass is 418 g/mol. The van der Waals surface area contributed by atoms with Gasteiger partial charge in [-0.25, -0.2) is 0 Å². The Morgan fingerprint density at radius 3 is 2.84 bits per heavy atom. The van der Waals surface area contributed by atoms with Gasteiger partial charge in [-0.3, -0.25) is 14.5 Å². The summed E-state index contributed by atoms with van der Waals surface area (Å²) in [6.45, 7) is 4.21. The summed E-state index contributed by atoms with van der Waals surface area (Å²) in [5.41, 5.74) is 2.74. The summed E-state index contributed by atoms with van der Waals surface area (Å²) in [4.78, 5) is 28.1. The van der Waals surface area contributed by atoms with Crippen molar-refractivity contribution in [1.82, 2.24) is 0 Å². The second-order valence-corrected chi connectivity index (χ2v) is 9.31. The lowest BCUT2D eigenvalue weighted by atomic mass is 9.52. The molecule has 4 atom stereocenters. The van der Waals surface area contributed by atoms with E-state index in [1.807, 2.05) is 43.5 Å². The number of hydrogen-bond donors (Lipinski definition) is 0. The first-order valence-electron chi connectivity index (χ1n) is 11.2. The summed E-state index contributed by atoms with van der Waals surface area (Å²) in [6.07, 6.45) is 7.96. The second-order valence-electron chi connectivity index (χ2n) is 9.31. The van der Waals surface area contributed by atoms with Gasteiger partial charge in [0.15, 0.2) is 5.78 Å². The van der Waals surface area contributed by atoms with Gasteiger partial charge in [-0.15, -0.1) is 0 Å². The number of allylic oxidation sites excluding steroid dienone is 3. The maximum atomic E-state index is 13.3. The number of benzene rings is 1. The van der Waals surface area contributed by atoms with E-state index in [1.165, 1.54) is 5.57 Å². The molecule has 162 valence electrons. The average molecular weight is 419 g/mol. The van der Waals surface area contributed by atoms with E-state index in [-0.39, 0.29) is 34.9 Å². The highest BCUT2D eigenvalue weighted by Crippen LogP contribution is 2.57. The van der Waals surface area contributed by atoms with Crippen LogP contribution in [0.4, 0.5) is 5.69 Å². The summed E-state index contributed by atoms with van der Waals surface area (Å²) < 4.78 is 5.34. The molecule has 1 aromatic carbocycles. The molecule has 1 aliphatic heterocycles. The Morgan fingerprint density at radius 2 is 2.10 bits per heavy atom. The van der Waals surface area contributed by atoms with Gasteiger partial charge in [0.05, 0.1) is 18.9 Å². The lowest BCUT2D eigenvalue weighted by Gasteiger charge is -2.51. The van der Waals surface area contributed by atoms with E-state index in [2.05, 4.69) is 13.0 Å². The molecular weight excluding hydrogens is 388 g/mol. The van der Waals surface area contributed by atoms with E-state index >= 15 is 0 Å². The lowest BCUT2D eigenvalue weighted by molar-refractivity contribution is -0.128. The normalized spacial score (nSPS) is 30.4. The third-order valence-electron chi connectivity index (χ3n) is 7.68. The lowest BCUT2D eigenvalue weighted by Crippen LogP contribution is -2.48. The number of hydrogen-bond acceptors (Lipinski definition) is 4. The summed E-state index contributed by atoms with van der Waals surface area (Å²) >= 11 is 0. The SMILES string of the molecule is COc1cccc(N2C=C3CC[C@H]4[C@H](CCC#N)C(C)=CC(=O)[C@@H]4[C@@]3(C)CCC2=O)c1. The van der Waals surface area contributed by atoms with Crippen molar-refractivity contribution in [3.05, 3.63) is 47.7 Å². The highest BCUT2D eigenvalue weighted by atomic mass is 16.5. The Labute approximate surface area is 184 Å². The Kier molecular flexibility index (Phi) is 5.75. The Balaban J connectivity index is 1.73. The van der Waals surface area contributed by atoms with E-state index < -0.39 is 0 Å². The van der Waals surface area contributed by atoms with Crippen molar-refractivity contribution in [3.8, 4) is 11.8 Å². The van der Waals surface area contributed by atoms with Crippen molar-refractivity contribution in [2.24, 2.45) is 23.2 Å². The van der Waals surface area contributed by atoms with Crippen LogP contribution in [0.5, 0.6) is 5.75 Å². The van der Waals surface area contributed by atoms with Crippen LogP contribution in [-0.2, 0) is 9.59 Å². The fourth-order valence-electron chi connectivity index (χ4n) is 6.05. The molecule has 0 bridgehead atoms. The van der Waals surface area contributed by atoms with E-state index in [4.69, 9.17) is 10.00 Å². The molecule has 1 heterocycles. The minimum Gasteiger partial charge on any atom is -0.497 e. The predicted octanol–water partition coefficient (Wildman–Crippen LogP) is 5.19. The Bertz CT molecular complexity index is 1000. The molecule has 1 amide bonds. The highest BCUT2D eigenvalue weighted by Gasteiger charge is 2.53. The van der Waals surface area contributed by atoms with Gasteiger partial charge < -0.3 is 4.74 Å². The highest BCUT2D eigenvalue weighted by molar-refractivity contribution is 5.97. The fourth-order valence-corrected chi connectivity index (χ4v) is 6.05. The zero-order valence-electron chi connectivity index (χ0n) is 18.6. The smallest absolute Gasteiger partial charge is 0.231 e. The number of nitrogens with zero attached hydrogens (tertiary/aromatic N) is 2. The van der Waals surface area contributed by atoms with Crippen LogP contribution in [0.15, 0.2) is 47.7 Å². The Hall–Kier alpha value is -2.87. The third-order valence-corrected chi connectivity index (χ3v) is 7.68. The number of rotatable bonds is 4. The first-order chi connectivity index (χ1) is 14.9. The molecule has 3 aliphatic rings. The number of nitriles is 1. The van der Waals surface area contributed by atoms with Crippen molar-refractivity contribution in [3.63, 3.8) is 0 Å². The third kappa shape index (κ3) is 3.69. The molecule has 5 heteroatoms. The van der Waals surface area contributed by atoms with Crippen LogP contribution in [0.25, 0.3) is 0 Å². The van der Waals surface area contributed by atoms with E-state index in [9.17, 15) is 9.59 Å². The molecule has 5 nitrogen and oxygen atoms in total. The predicted molar refractivity (Wildman–Crippen MR) is 119 cm³/mol. The first kappa shape index (κ1) is 21.4. The number of carbonyl (C=O) groups is 2. The van der Waals surface area contributed by atoms with Crippen LogP contribution in [-0.4, -0.2) is 18.8 Å². The van der Waals surface area contributed by atoms with Crippen molar-refractivity contribution in [1.29, 1.82) is 5.26 Å². The molecule has 0 N–H and O–H groups in total. The minimum atomic E-state index is -0.342. The van der Waals surface area contributed by atoms with Gasteiger partial charge in [-0.05, 0) is 68.2 Å². The maximum absolute atomic E-state index is 13.3. The summed E-state index contributed by atoms with van der Waals surface area (Å²) in [6, 6.07) is 9.82. The molecule has 31 heavy (non-hydrogen) atoms. The molecule has 1 aromatic rings. The van der Waals surface area contributed by atoms with Gasteiger partial charge in [-0.2, -0.15) is 5.26 Å². The van der Waals surface area contributed by atoms with Crippen molar-refractivity contribution >= 4 is 17.4 Å². The number of anilines is 1. The molecule has 1 fully saturated rings. The fraction of sp³-hybridized carbons (Fsp3) is 0.500. The number of methoxy groups -OCH3 is 1. The van der Waals surface area contributed by atoms with Gasteiger partial charge in [0.2, 0.25) is 5.91 Å². The van der Waals surface area contributed by atoms with E-state index in [0.29, 0.717) is 25.0 Å². The van der Waals surface area contributed by atoms with Crippen LogP contribution in [0.2, 0.25) is 0 Å². The van der Waals surface area contributed by atoms with Crippen LogP contribution >= 0.6 is 0 Å². The standard InChI is InChI=1S/C26H30N2O3/c1-17-14-23(29)25-22(21(17)8-5-13-27)10-9-18-16-28(24(30)11-12-26(18,25)2)19-6-4-7-20(15-19)31-3/h4,6-7,14-16,21-22,25H,5,8-12H2,1-3H3/t21-,22+,25-,26+/m1/s1. The molecular formula is C26H30N2O3. The number of ether oxygens (including phenoxy) is 1. The number of carbonyl (C=O) groups excluding carboxylic acids is 2. The number of fused-ring (bicyclic) bond motifs is 3. The number of amides is 1. The molecule has 4 rings (SSSR count). The molecule has 0 radical (unpaired) electrons. The van der Waals surface area contributed by atoms with Crippen LogP contribution < -0.4 is 9.64 Å². The van der Waals surface area contributed by atoms with Gasteiger partial charge in [0, 0.05) is 36.4 Å². The van der Waals surface area contributed by atoms with Gasteiger partial charge in [-0.1, -0.05) is 18.6 Å². The summed E-state index contributed by atoms with van der Waals surface area (Å²) in [5.74, 6) is 1.33. The zero-order chi connectivity index (χ0) is 22.2. The van der Waals surface area contributed by atoms with E-state index in [1.54, 1.807) is 12.0 Å². The topological polar surface area (TPSA) is 70.4 Å². The largest absolute Gasteiger partial charge is 0.497 e. The first-order valence-corrected chi connectivity index (χ1v) is 11.2. The molecule has 1 saturated carbocycles. The van der Waals surface area contributed by atoms with Crippen molar-refractivity contribution in [2.45, 2.75) is 52.4 Å².